The van der Waals surface area contributed by atoms with Crippen molar-refractivity contribution in [2.45, 2.75) is 13.0 Å². The van der Waals surface area contributed by atoms with Crippen LogP contribution in [-0.2, 0) is 13.0 Å². The Morgan fingerprint density at radius 3 is 2.42 bits per heavy atom. The number of benzene rings is 3. The van der Waals surface area contributed by atoms with E-state index < -0.39 is 0 Å². The smallest absolute Gasteiger partial charge is 0.258 e. The van der Waals surface area contributed by atoms with Crippen LogP contribution in [0.2, 0.25) is 0 Å². The number of amides is 1. The van der Waals surface area contributed by atoms with Crippen LogP contribution in [0, 0.1) is 0 Å². The van der Waals surface area contributed by atoms with E-state index in [0.717, 1.165) is 35.7 Å². The van der Waals surface area contributed by atoms with Crippen LogP contribution in [0.25, 0.3) is 6.08 Å². The van der Waals surface area contributed by atoms with E-state index in [0.29, 0.717) is 18.7 Å². The number of fused-ring (bicyclic) bond motifs is 1. The van der Waals surface area contributed by atoms with Gasteiger partial charge in [0.15, 0.2) is 0 Å². The van der Waals surface area contributed by atoms with Gasteiger partial charge in [-0.2, -0.15) is 0 Å². The summed E-state index contributed by atoms with van der Waals surface area (Å²) in [5, 5.41) is 0. The maximum Gasteiger partial charge on any atom is 0.258 e. The standard InChI is InChI=1S/C28H30N2O3/c1-29(2)17-4-5-21-8-15-27-24(19-21)16-18-30(27)28(31)23-9-13-26(14-10-23)33-20-22-6-11-25(32-3)12-7-22/h4-15,19H,16-18,20H2,1-3H3/b5-4+. The van der Waals surface area contributed by atoms with Gasteiger partial charge in [-0.3, -0.25) is 4.79 Å². The molecule has 1 aliphatic heterocycles. The van der Waals surface area contributed by atoms with E-state index in [1.54, 1.807) is 7.11 Å². The summed E-state index contributed by atoms with van der Waals surface area (Å²) in [7, 11) is 5.75. The zero-order chi connectivity index (χ0) is 23.2. The van der Waals surface area contributed by atoms with E-state index in [1.807, 2.05) is 53.4 Å². The van der Waals surface area contributed by atoms with Gasteiger partial charge in [-0.05, 0) is 85.7 Å². The Balaban J connectivity index is 1.38. The van der Waals surface area contributed by atoms with Crippen molar-refractivity contribution in [1.29, 1.82) is 0 Å². The number of hydrogen-bond acceptors (Lipinski definition) is 4. The van der Waals surface area contributed by atoms with Gasteiger partial charge in [0.05, 0.1) is 7.11 Å². The Labute approximate surface area is 195 Å². The SMILES string of the molecule is COc1ccc(COc2ccc(C(=O)N3CCc4cc(/C=C/CN(C)C)ccc43)cc2)cc1. The third kappa shape index (κ3) is 5.62. The number of rotatable bonds is 8. The highest BCUT2D eigenvalue weighted by atomic mass is 16.5. The Bertz CT molecular complexity index is 1120. The molecule has 0 aromatic heterocycles. The minimum absolute atomic E-state index is 0.0198. The lowest BCUT2D eigenvalue weighted by Gasteiger charge is -2.18. The third-order valence-electron chi connectivity index (χ3n) is 5.69. The molecule has 3 aromatic rings. The topological polar surface area (TPSA) is 42.0 Å². The van der Waals surface area contributed by atoms with Gasteiger partial charge in [-0.1, -0.05) is 30.4 Å². The van der Waals surface area contributed by atoms with Crippen molar-refractivity contribution in [2.24, 2.45) is 0 Å². The molecule has 0 N–H and O–H groups in total. The Hall–Kier alpha value is -3.57. The average molecular weight is 443 g/mol. The van der Waals surface area contributed by atoms with Crippen LogP contribution < -0.4 is 14.4 Å². The third-order valence-corrected chi connectivity index (χ3v) is 5.69. The molecule has 5 nitrogen and oxygen atoms in total. The predicted molar refractivity (Wildman–Crippen MR) is 133 cm³/mol. The Morgan fingerprint density at radius 2 is 1.73 bits per heavy atom. The average Bonchev–Trinajstić information content (AvgIpc) is 3.26. The van der Waals surface area contributed by atoms with Crippen molar-refractivity contribution in [2.75, 3.05) is 39.2 Å². The molecule has 33 heavy (non-hydrogen) atoms. The number of hydrogen-bond donors (Lipinski definition) is 0. The Kier molecular flexibility index (Phi) is 7.10. The van der Waals surface area contributed by atoms with Crippen LogP contribution >= 0.6 is 0 Å². The molecule has 170 valence electrons. The summed E-state index contributed by atoms with van der Waals surface area (Å²) in [5.41, 5.74) is 5.11. The number of likely N-dealkylation sites (N-methyl/N-ethyl adjacent to an activating group) is 1. The second-order valence-electron chi connectivity index (χ2n) is 8.42. The van der Waals surface area contributed by atoms with Gasteiger partial charge in [-0.25, -0.2) is 0 Å². The summed E-state index contributed by atoms with van der Waals surface area (Å²) in [4.78, 5) is 17.1. The van der Waals surface area contributed by atoms with E-state index in [9.17, 15) is 4.79 Å². The molecule has 4 rings (SSSR count). The van der Waals surface area contributed by atoms with Gasteiger partial charge >= 0.3 is 0 Å². The van der Waals surface area contributed by atoms with Gasteiger partial charge in [0, 0.05) is 24.3 Å². The van der Waals surface area contributed by atoms with Gasteiger partial charge in [-0.15, -0.1) is 0 Å². The molecular weight excluding hydrogens is 412 g/mol. The summed E-state index contributed by atoms with van der Waals surface area (Å²) in [5.74, 6) is 1.58. The van der Waals surface area contributed by atoms with Crippen molar-refractivity contribution in [3.8, 4) is 11.5 Å². The fraction of sp³-hybridized carbons (Fsp3) is 0.250. The van der Waals surface area contributed by atoms with E-state index in [2.05, 4.69) is 49.3 Å². The van der Waals surface area contributed by atoms with Crippen LogP contribution in [-0.4, -0.2) is 45.1 Å². The van der Waals surface area contributed by atoms with Crippen molar-refractivity contribution in [1.82, 2.24) is 4.90 Å². The molecule has 0 fully saturated rings. The quantitative estimate of drug-likeness (QED) is 0.490. The lowest BCUT2D eigenvalue weighted by atomic mass is 10.1. The molecule has 3 aromatic carbocycles. The molecule has 0 aliphatic carbocycles. The van der Waals surface area contributed by atoms with Gasteiger partial charge < -0.3 is 19.3 Å². The lowest BCUT2D eigenvalue weighted by Crippen LogP contribution is -2.28. The fourth-order valence-corrected chi connectivity index (χ4v) is 3.87. The van der Waals surface area contributed by atoms with Crippen LogP contribution in [0.1, 0.15) is 27.0 Å². The van der Waals surface area contributed by atoms with E-state index in [1.165, 1.54) is 11.1 Å². The molecule has 0 bridgehead atoms. The maximum absolute atomic E-state index is 13.1. The zero-order valence-corrected chi connectivity index (χ0v) is 19.5. The number of nitrogens with zero attached hydrogens (tertiary/aromatic N) is 2. The minimum atomic E-state index is 0.0198. The molecule has 1 aliphatic rings. The maximum atomic E-state index is 13.1. The summed E-state index contributed by atoms with van der Waals surface area (Å²) in [6, 6.07) is 21.5. The van der Waals surface area contributed by atoms with Crippen LogP contribution in [0.3, 0.4) is 0 Å². The molecule has 5 heteroatoms. The molecule has 0 atom stereocenters. The van der Waals surface area contributed by atoms with Gasteiger partial charge in [0.25, 0.3) is 5.91 Å². The number of carbonyl (C=O) groups excluding carboxylic acids is 1. The molecule has 1 amide bonds. The molecule has 0 saturated heterocycles. The molecule has 0 spiro atoms. The van der Waals surface area contributed by atoms with Crippen molar-refractivity contribution in [3.63, 3.8) is 0 Å². The molecule has 0 unspecified atom stereocenters. The number of carbonyl (C=O) groups is 1. The first-order chi connectivity index (χ1) is 16.0. The lowest BCUT2D eigenvalue weighted by molar-refractivity contribution is 0.0989. The van der Waals surface area contributed by atoms with Gasteiger partial charge in [0.2, 0.25) is 0 Å². The Morgan fingerprint density at radius 1 is 1.00 bits per heavy atom. The largest absolute Gasteiger partial charge is 0.497 e. The van der Waals surface area contributed by atoms with E-state index >= 15 is 0 Å². The normalized spacial score (nSPS) is 12.9. The minimum Gasteiger partial charge on any atom is -0.497 e. The van der Waals surface area contributed by atoms with Gasteiger partial charge in [0.1, 0.15) is 18.1 Å². The molecule has 0 saturated carbocycles. The molecule has 0 radical (unpaired) electrons. The second-order valence-corrected chi connectivity index (χ2v) is 8.42. The first-order valence-electron chi connectivity index (χ1n) is 11.2. The summed E-state index contributed by atoms with van der Waals surface area (Å²) >= 11 is 0. The predicted octanol–water partition coefficient (Wildman–Crippen LogP) is 5.05. The number of anilines is 1. The van der Waals surface area contributed by atoms with Crippen LogP contribution in [0.15, 0.2) is 72.8 Å². The van der Waals surface area contributed by atoms with Crippen LogP contribution in [0.5, 0.6) is 11.5 Å². The van der Waals surface area contributed by atoms with Crippen molar-refractivity contribution in [3.05, 3.63) is 95.1 Å². The fourth-order valence-electron chi connectivity index (χ4n) is 3.87. The van der Waals surface area contributed by atoms with Crippen LogP contribution in [0.4, 0.5) is 5.69 Å². The zero-order valence-electron chi connectivity index (χ0n) is 19.5. The molecule has 1 heterocycles. The summed E-state index contributed by atoms with van der Waals surface area (Å²) < 4.78 is 11.0. The summed E-state index contributed by atoms with van der Waals surface area (Å²) in [6.45, 7) is 2.07. The highest BCUT2D eigenvalue weighted by Gasteiger charge is 2.25. The first-order valence-corrected chi connectivity index (χ1v) is 11.2. The highest BCUT2D eigenvalue weighted by Crippen LogP contribution is 2.31. The summed E-state index contributed by atoms with van der Waals surface area (Å²) in [6.07, 6.45) is 5.16. The highest BCUT2D eigenvalue weighted by molar-refractivity contribution is 6.07. The van der Waals surface area contributed by atoms with E-state index in [4.69, 9.17) is 9.47 Å². The first kappa shape index (κ1) is 22.6. The monoisotopic (exact) mass is 442 g/mol. The number of methoxy groups -OCH3 is 1. The van der Waals surface area contributed by atoms with E-state index in [-0.39, 0.29) is 5.91 Å². The van der Waals surface area contributed by atoms with Crippen molar-refractivity contribution < 1.29 is 14.3 Å². The van der Waals surface area contributed by atoms with Crippen molar-refractivity contribution >= 4 is 17.7 Å². The number of ether oxygens (including phenoxy) is 2. The second kappa shape index (κ2) is 10.4. The molecular formula is C28H30N2O3.